The third-order valence-electron chi connectivity index (χ3n) is 4.79. The summed E-state index contributed by atoms with van der Waals surface area (Å²) in [6.07, 6.45) is 2.58. The minimum Gasteiger partial charge on any atom is -0.357 e. The zero-order valence-electron chi connectivity index (χ0n) is 17.1. The number of hydrogen-bond donors (Lipinski definition) is 2. The van der Waals surface area contributed by atoms with E-state index in [2.05, 4.69) is 59.8 Å². The number of aliphatic imine (C=N–C) groups is 1. The van der Waals surface area contributed by atoms with Gasteiger partial charge in [0.2, 0.25) is 5.91 Å². The van der Waals surface area contributed by atoms with Crippen LogP contribution in [-0.2, 0) is 11.3 Å². The van der Waals surface area contributed by atoms with Crippen molar-refractivity contribution in [1.82, 2.24) is 20.4 Å². The normalized spacial score (nSPS) is 17.4. The third-order valence-corrected chi connectivity index (χ3v) is 4.79. The first-order valence-corrected chi connectivity index (χ1v) is 10.2. The molecular formula is C21H35N5O. The number of benzene rings is 1. The maximum Gasteiger partial charge on any atom is 0.222 e. The van der Waals surface area contributed by atoms with E-state index < -0.39 is 0 Å². The second-order valence-corrected chi connectivity index (χ2v) is 7.16. The maximum atomic E-state index is 11.8. The van der Waals surface area contributed by atoms with Crippen molar-refractivity contribution in [2.24, 2.45) is 4.99 Å². The summed E-state index contributed by atoms with van der Waals surface area (Å²) in [7, 11) is 2.15. The molecule has 1 heterocycles. The van der Waals surface area contributed by atoms with E-state index in [1.165, 1.54) is 5.56 Å². The van der Waals surface area contributed by atoms with E-state index >= 15 is 0 Å². The standard InChI is InChI=1S/C21H35N5O/c1-4-20(27)26-15-12-19(17-26)24-21(22-5-2)23-13-9-14-25(3)16-18-10-7-6-8-11-18/h6-8,10-11,19H,4-5,9,12-17H2,1-3H3,(H2,22,23,24). The molecule has 27 heavy (non-hydrogen) atoms. The predicted octanol–water partition coefficient (Wildman–Crippen LogP) is 2.07. The van der Waals surface area contributed by atoms with E-state index in [4.69, 9.17) is 4.99 Å². The molecule has 1 aliphatic rings. The largest absolute Gasteiger partial charge is 0.357 e. The first kappa shape index (κ1) is 21.2. The number of rotatable bonds is 9. The van der Waals surface area contributed by atoms with Gasteiger partial charge in [0.25, 0.3) is 0 Å². The van der Waals surface area contributed by atoms with Gasteiger partial charge in [-0.25, -0.2) is 0 Å². The van der Waals surface area contributed by atoms with Gasteiger partial charge >= 0.3 is 0 Å². The fourth-order valence-electron chi connectivity index (χ4n) is 3.35. The highest BCUT2D eigenvalue weighted by molar-refractivity contribution is 5.80. The zero-order valence-corrected chi connectivity index (χ0v) is 17.1. The minimum atomic E-state index is 0.239. The highest BCUT2D eigenvalue weighted by atomic mass is 16.2. The van der Waals surface area contributed by atoms with Crippen LogP contribution >= 0.6 is 0 Å². The first-order valence-electron chi connectivity index (χ1n) is 10.2. The fourth-order valence-corrected chi connectivity index (χ4v) is 3.35. The van der Waals surface area contributed by atoms with Gasteiger partial charge in [0.15, 0.2) is 5.96 Å². The molecule has 0 saturated carbocycles. The lowest BCUT2D eigenvalue weighted by Crippen LogP contribution is -2.45. The molecule has 1 amide bonds. The van der Waals surface area contributed by atoms with E-state index in [0.29, 0.717) is 12.5 Å². The Labute approximate surface area is 164 Å². The summed E-state index contributed by atoms with van der Waals surface area (Å²) in [5.41, 5.74) is 1.34. The highest BCUT2D eigenvalue weighted by Gasteiger charge is 2.25. The smallest absolute Gasteiger partial charge is 0.222 e. The molecule has 0 spiro atoms. The molecule has 1 atom stereocenters. The van der Waals surface area contributed by atoms with Gasteiger partial charge in [0.1, 0.15) is 0 Å². The van der Waals surface area contributed by atoms with Crippen LogP contribution in [0.3, 0.4) is 0 Å². The lowest BCUT2D eigenvalue weighted by atomic mass is 10.2. The fraction of sp³-hybridized carbons (Fsp3) is 0.619. The molecule has 0 radical (unpaired) electrons. The molecule has 1 saturated heterocycles. The number of nitrogens with zero attached hydrogens (tertiary/aromatic N) is 3. The summed E-state index contributed by atoms with van der Waals surface area (Å²) in [6, 6.07) is 10.8. The number of carbonyl (C=O) groups excluding carboxylic acids is 1. The second-order valence-electron chi connectivity index (χ2n) is 7.16. The van der Waals surface area contributed by atoms with Crippen LogP contribution in [0.15, 0.2) is 35.3 Å². The molecule has 6 nitrogen and oxygen atoms in total. The number of guanidine groups is 1. The number of nitrogens with one attached hydrogen (secondary N) is 2. The minimum absolute atomic E-state index is 0.239. The summed E-state index contributed by atoms with van der Waals surface area (Å²) in [5.74, 6) is 1.10. The molecule has 2 N–H and O–H groups in total. The summed E-state index contributed by atoms with van der Waals surface area (Å²) in [6.45, 7) is 9.22. The van der Waals surface area contributed by atoms with Crippen molar-refractivity contribution in [3.8, 4) is 0 Å². The third kappa shape index (κ3) is 7.59. The highest BCUT2D eigenvalue weighted by Crippen LogP contribution is 2.10. The average molecular weight is 374 g/mol. The SMILES string of the molecule is CCNC(=NCCCN(C)Cc1ccccc1)NC1CCN(C(=O)CC)C1. The first-order chi connectivity index (χ1) is 13.1. The van der Waals surface area contributed by atoms with Crippen molar-refractivity contribution in [2.45, 2.75) is 45.7 Å². The Morgan fingerprint density at radius 3 is 2.78 bits per heavy atom. The molecule has 0 aromatic heterocycles. The average Bonchev–Trinajstić information content (AvgIpc) is 3.14. The van der Waals surface area contributed by atoms with Crippen molar-refractivity contribution >= 4 is 11.9 Å². The number of hydrogen-bond acceptors (Lipinski definition) is 3. The van der Waals surface area contributed by atoms with Crippen molar-refractivity contribution < 1.29 is 4.79 Å². The van der Waals surface area contributed by atoms with Gasteiger partial charge in [0.05, 0.1) is 0 Å². The van der Waals surface area contributed by atoms with Crippen LogP contribution in [0.5, 0.6) is 0 Å². The predicted molar refractivity (Wildman–Crippen MR) is 112 cm³/mol. The monoisotopic (exact) mass is 373 g/mol. The molecule has 1 fully saturated rings. The van der Waals surface area contributed by atoms with E-state index in [1.54, 1.807) is 0 Å². The molecule has 0 bridgehead atoms. The Hall–Kier alpha value is -2.08. The van der Waals surface area contributed by atoms with Gasteiger partial charge in [0, 0.05) is 45.2 Å². The van der Waals surface area contributed by atoms with E-state index in [-0.39, 0.29) is 5.91 Å². The molecule has 1 unspecified atom stereocenters. The Bertz CT molecular complexity index is 589. The van der Waals surface area contributed by atoms with Crippen molar-refractivity contribution in [1.29, 1.82) is 0 Å². The van der Waals surface area contributed by atoms with Crippen molar-refractivity contribution in [3.63, 3.8) is 0 Å². The summed E-state index contributed by atoms with van der Waals surface area (Å²) in [5, 5.41) is 6.80. The van der Waals surface area contributed by atoms with Crippen molar-refractivity contribution in [3.05, 3.63) is 35.9 Å². The Morgan fingerprint density at radius 2 is 2.07 bits per heavy atom. The Balaban J connectivity index is 1.72. The van der Waals surface area contributed by atoms with Crippen LogP contribution in [0.1, 0.15) is 38.7 Å². The molecule has 6 heteroatoms. The van der Waals surface area contributed by atoms with Crippen LogP contribution in [-0.4, -0.2) is 67.5 Å². The van der Waals surface area contributed by atoms with Gasteiger partial charge in [-0.1, -0.05) is 37.3 Å². The van der Waals surface area contributed by atoms with Gasteiger partial charge < -0.3 is 20.4 Å². The van der Waals surface area contributed by atoms with Gasteiger partial charge in [-0.2, -0.15) is 0 Å². The van der Waals surface area contributed by atoms with Crippen LogP contribution in [0.25, 0.3) is 0 Å². The lowest BCUT2D eigenvalue weighted by molar-refractivity contribution is -0.129. The molecule has 2 rings (SSSR count). The van der Waals surface area contributed by atoms with Gasteiger partial charge in [-0.3, -0.25) is 9.79 Å². The Kier molecular flexibility index (Phi) is 9.11. The van der Waals surface area contributed by atoms with Crippen LogP contribution in [0.4, 0.5) is 0 Å². The second kappa shape index (κ2) is 11.6. The summed E-state index contributed by atoms with van der Waals surface area (Å²) < 4.78 is 0. The van der Waals surface area contributed by atoms with Crippen molar-refractivity contribution in [2.75, 3.05) is 39.8 Å². The molecule has 0 aliphatic carbocycles. The van der Waals surface area contributed by atoms with Gasteiger partial charge in [-0.05, 0) is 38.9 Å². The van der Waals surface area contributed by atoms with Gasteiger partial charge in [-0.15, -0.1) is 0 Å². The number of likely N-dealkylation sites (tertiary alicyclic amines) is 1. The molecular weight excluding hydrogens is 338 g/mol. The summed E-state index contributed by atoms with van der Waals surface area (Å²) in [4.78, 5) is 20.8. The molecule has 1 aliphatic heterocycles. The lowest BCUT2D eigenvalue weighted by Gasteiger charge is -2.19. The molecule has 150 valence electrons. The zero-order chi connectivity index (χ0) is 19.5. The number of amides is 1. The quantitative estimate of drug-likeness (QED) is 0.395. The maximum absolute atomic E-state index is 11.8. The van der Waals surface area contributed by atoms with E-state index in [9.17, 15) is 4.79 Å². The van der Waals surface area contributed by atoms with Crippen LogP contribution in [0.2, 0.25) is 0 Å². The van der Waals surface area contributed by atoms with E-state index in [1.807, 2.05) is 11.8 Å². The van der Waals surface area contributed by atoms with Crippen LogP contribution < -0.4 is 10.6 Å². The molecule has 1 aromatic carbocycles. The number of carbonyl (C=O) groups is 1. The topological polar surface area (TPSA) is 60.0 Å². The van der Waals surface area contributed by atoms with Crippen LogP contribution in [0, 0.1) is 0 Å². The Morgan fingerprint density at radius 1 is 1.30 bits per heavy atom. The summed E-state index contributed by atoms with van der Waals surface area (Å²) >= 11 is 0. The molecule has 1 aromatic rings. The van der Waals surface area contributed by atoms with E-state index in [0.717, 1.165) is 58.1 Å².